The highest BCUT2D eigenvalue weighted by atomic mass is 15.1. The number of para-hydroxylation sites is 2. The van der Waals surface area contributed by atoms with E-state index in [0.29, 0.717) is 0 Å². The highest BCUT2D eigenvalue weighted by Gasteiger charge is 2.19. The molecule has 0 unspecified atom stereocenters. The minimum Gasteiger partial charge on any atom is -0.340 e. The second-order valence-corrected chi connectivity index (χ2v) is 14.7. The van der Waals surface area contributed by atoms with Crippen molar-refractivity contribution in [1.29, 1.82) is 0 Å². The molecule has 0 saturated carbocycles. The highest BCUT2D eigenvalue weighted by Crippen LogP contribution is 2.45. The van der Waals surface area contributed by atoms with E-state index in [0.717, 1.165) is 30.0 Å². The molecule has 1 heterocycles. The number of aryl methyl sites for hydroxylation is 1. The van der Waals surface area contributed by atoms with E-state index in [1.807, 2.05) is 0 Å². The summed E-state index contributed by atoms with van der Waals surface area (Å²) in [5.41, 5.74) is 13.4. The summed E-state index contributed by atoms with van der Waals surface area (Å²) >= 11 is 0. The molecule has 1 aromatic heterocycles. The van der Waals surface area contributed by atoms with Crippen molar-refractivity contribution in [3.8, 4) is 33.4 Å². The number of nitrogens with zero attached hydrogens (tertiary/aromatic N) is 2. The number of hydrogen-bond donors (Lipinski definition) is 0. The van der Waals surface area contributed by atoms with Gasteiger partial charge < -0.3 is 9.47 Å². The molecule has 0 bridgehead atoms. The third-order valence-electron chi connectivity index (χ3n) is 11.4. The lowest BCUT2D eigenvalue weighted by molar-refractivity contribution is 0.665. The quantitative estimate of drug-likeness (QED) is 0.135. The fraction of sp³-hybridized carbons (Fsp3) is 0.0741. The molecule has 0 atom stereocenters. The molecule has 0 saturated heterocycles. The largest absolute Gasteiger partial charge is 0.340 e. The van der Waals surface area contributed by atoms with Crippen molar-refractivity contribution in [1.82, 2.24) is 4.57 Å². The van der Waals surface area contributed by atoms with Crippen LogP contribution in [0.3, 0.4) is 0 Å². The second kappa shape index (κ2) is 14.4. The number of hydrogen-bond acceptors (Lipinski definition) is 1. The zero-order chi connectivity index (χ0) is 37.4. The molecule has 0 fully saturated rings. The number of rotatable bonds is 9. The summed E-state index contributed by atoms with van der Waals surface area (Å²) in [6, 6.07) is 73.3. The Morgan fingerprint density at radius 1 is 0.357 bits per heavy atom. The number of fused-ring (bicyclic) bond motifs is 5. The first-order chi connectivity index (χ1) is 27.8. The van der Waals surface area contributed by atoms with Gasteiger partial charge in [-0.3, -0.25) is 0 Å². The maximum Gasteiger partial charge on any atom is 0.0492 e. The standard InChI is InChI=1S/C54H42N2/c1-2-3-35-55-51-26-16-15-23-45(51)49-37-44(32-34-52(49)55)56(42-21-11-6-12-22-42)43-30-27-38(28-31-43)41-29-33-48-50(36-41)54(40-19-9-5-10-20-40)47-25-14-13-24-46(47)53(48)39-17-7-4-8-18-39/h4-34,36-37H,2-3,35H2,1H3. The Morgan fingerprint density at radius 3 is 1.52 bits per heavy atom. The fourth-order valence-corrected chi connectivity index (χ4v) is 8.75. The van der Waals surface area contributed by atoms with Crippen LogP contribution in [-0.2, 0) is 6.54 Å². The maximum atomic E-state index is 2.50. The Kier molecular flexibility index (Phi) is 8.65. The third kappa shape index (κ3) is 5.82. The van der Waals surface area contributed by atoms with Crippen LogP contribution in [0.1, 0.15) is 19.8 Å². The Labute approximate surface area is 328 Å². The van der Waals surface area contributed by atoms with Crippen molar-refractivity contribution >= 4 is 60.4 Å². The van der Waals surface area contributed by atoms with E-state index in [2.05, 4.69) is 217 Å². The van der Waals surface area contributed by atoms with Gasteiger partial charge in [-0.25, -0.2) is 0 Å². The maximum absolute atomic E-state index is 2.50. The summed E-state index contributed by atoms with van der Waals surface area (Å²) in [5.74, 6) is 0. The lowest BCUT2D eigenvalue weighted by Gasteiger charge is -2.26. The molecule has 0 amide bonds. The molecular weight excluding hydrogens is 677 g/mol. The Balaban J connectivity index is 1.11. The van der Waals surface area contributed by atoms with E-state index in [4.69, 9.17) is 0 Å². The van der Waals surface area contributed by atoms with E-state index in [1.54, 1.807) is 0 Å². The van der Waals surface area contributed by atoms with Crippen molar-refractivity contribution in [2.45, 2.75) is 26.3 Å². The van der Waals surface area contributed by atoms with Gasteiger partial charge >= 0.3 is 0 Å². The molecular formula is C54H42N2. The second-order valence-electron chi connectivity index (χ2n) is 14.7. The summed E-state index contributed by atoms with van der Waals surface area (Å²) in [7, 11) is 0. The average Bonchev–Trinajstić information content (AvgIpc) is 3.58. The fourth-order valence-electron chi connectivity index (χ4n) is 8.75. The predicted molar refractivity (Wildman–Crippen MR) is 240 cm³/mol. The highest BCUT2D eigenvalue weighted by molar-refractivity contribution is 6.22. The molecule has 9 aromatic carbocycles. The first kappa shape index (κ1) is 33.7. The normalized spacial score (nSPS) is 11.5. The van der Waals surface area contributed by atoms with Crippen molar-refractivity contribution in [3.05, 3.63) is 200 Å². The van der Waals surface area contributed by atoms with E-state index >= 15 is 0 Å². The summed E-state index contributed by atoms with van der Waals surface area (Å²) in [5, 5.41) is 7.65. The summed E-state index contributed by atoms with van der Waals surface area (Å²) < 4.78 is 2.50. The van der Waals surface area contributed by atoms with Crippen LogP contribution in [0.4, 0.5) is 17.1 Å². The number of unbranched alkanes of at least 4 members (excludes halogenated alkanes) is 1. The topological polar surface area (TPSA) is 8.17 Å². The summed E-state index contributed by atoms with van der Waals surface area (Å²) in [6.45, 7) is 3.29. The number of benzene rings is 9. The van der Waals surface area contributed by atoms with Crippen LogP contribution < -0.4 is 4.90 Å². The van der Waals surface area contributed by atoms with Gasteiger partial charge in [0.15, 0.2) is 0 Å². The van der Waals surface area contributed by atoms with Gasteiger partial charge in [0, 0.05) is 45.4 Å². The molecule has 0 spiro atoms. The number of aromatic nitrogens is 1. The molecule has 2 heteroatoms. The van der Waals surface area contributed by atoms with Crippen LogP contribution in [-0.4, -0.2) is 4.57 Å². The van der Waals surface area contributed by atoms with Crippen LogP contribution >= 0.6 is 0 Å². The van der Waals surface area contributed by atoms with Crippen molar-refractivity contribution in [2.75, 3.05) is 4.90 Å². The minimum atomic E-state index is 1.02. The lowest BCUT2D eigenvalue weighted by atomic mass is 9.85. The van der Waals surface area contributed by atoms with Gasteiger partial charge in [-0.1, -0.05) is 159 Å². The van der Waals surface area contributed by atoms with Crippen molar-refractivity contribution in [2.24, 2.45) is 0 Å². The molecule has 10 aromatic rings. The SMILES string of the molecule is CCCCn1c2ccccc2c2cc(N(c3ccccc3)c3ccc(-c4ccc5c(-c6ccccc6)c6ccccc6c(-c6ccccc6)c5c4)cc3)ccc21. The zero-order valence-corrected chi connectivity index (χ0v) is 31.6. The van der Waals surface area contributed by atoms with Crippen LogP contribution in [0.5, 0.6) is 0 Å². The Morgan fingerprint density at radius 2 is 0.857 bits per heavy atom. The van der Waals surface area contributed by atoms with Gasteiger partial charge in [0.1, 0.15) is 0 Å². The molecule has 0 N–H and O–H groups in total. The Bertz CT molecular complexity index is 2980. The van der Waals surface area contributed by atoms with Crippen LogP contribution in [0, 0.1) is 0 Å². The van der Waals surface area contributed by atoms with Crippen LogP contribution in [0.2, 0.25) is 0 Å². The zero-order valence-electron chi connectivity index (χ0n) is 31.6. The molecule has 0 radical (unpaired) electrons. The average molecular weight is 719 g/mol. The molecule has 268 valence electrons. The first-order valence-electron chi connectivity index (χ1n) is 19.8. The van der Waals surface area contributed by atoms with Crippen molar-refractivity contribution < 1.29 is 0 Å². The lowest BCUT2D eigenvalue weighted by Crippen LogP contribution is -2.09. The number of anilines is 3. The van der Waals surface area contributed by atoms with E-state index in [1.165, 1.54) is 83.2 Å². The van der Waals surface area contributed by atoms with Gasteiger partial charge in [0.05, 0.1) is 0 Å². The van der Waals surface area contributed by atoms with Crippen molar-refractivity contribution in [3.63, 3.8) is 0 Å². The minimum absolute atomic E-state index is 1.02. The summed E-state index contributed by atoms with van der Waals surface area (Å²) in [6.07, 6.45) is 2.33. The molecule has 0 aliphatic heterocycles. The molecule has 56 heavy (non-hydrogen) atoms. The van der Waals surface area contributed by atoms with Gasteiger partial charge in [-0.15, -0.1) is 0 Å². The summed E-state index contributed by atoms with van der Waals surface area (Å²) in [4.78, 5) is 2.38. The van der Waals surface area contributed by atoms with Crippen LogP contribution in [0.15, 0.2) is 200 Å². The van der Waals surface area contributed by atoms with Gasteiger partial charge in [0.2, 0.25) is 0 Å². The molecule has 2 nitrogen and oxygen atoms in total. The van der Waals surface area contributed by atoms with E-state index in [9.17, 15) is 0 Å². The van der Waals surface area contributed by atoms with E-state index < -0.39 is 0 Å². The Hall–Kier alpha value is -6.90. The third-order valence-corrected chi connectivity index (χ3v) is 11.4. The van der Waals surface area contributed by atoms with Gasteiger partial charge in [0.25, 0.3) is 0 Å². The smallest absolute Gasteiger partial charge is 0.0492 e. The van der Waals surface area contributed by atoms with Gasteiger partial charge in [-0.05, 0) is 116 Å². The van der Waals surface area contributed by atoms with Gasteiger partial charge in [-0.2, -0.15) is 0 Å². The monoisotopic (exact) mass is 718 g/mol. The molecule has 0 aliphatic carbocycles. The molecule has 10 rings (SSSR count). The molecule has 0 aliphatic rings. The predicted octanol–water partition coefficient (Wildman–Crippen LogP) is 15.4. The first-order valence-corrected chi connectivity index (χ1v) is 19.8. The van der Waals surface area contributed by atoms with Crippen LogP contribution in [0.25, 0.3) is 76.7 Å². The van der Waals surface area contributed by atoms with E-state index in [-0.39, 0.29) is 0 Å².